The molecule has 0 aliphatic heterocycles. The summed E-state index contributed by atoms with van der Waals surface area (Å²) in [5.41, 5.74) is 3.58. The van der Waals surface area contributed by atoms with Gasteiger partial charge in [0, 0.05) is 10.6 Å². The molecular formula is C22H26N4O2S. The van der Waals surface area contributed by atoms with Crippen LogP contribution in [-0.2, 0) is 22.4 Å². The maximum atomic E-state index is 12.5. The first-order valence-corrected chi connectivity index (χ1v) is 10.7. The number of amides is 2. The van der Waals surface area contributed by atoms with Crippen molar-refractivity contribution in [1.29, 1.82) is 5.26 Å². The number of carbonyl (C=O) groups is 2. The fourth-order valence-electron chi connectivity index (χ4n) is 3.50. The zero-order chi connectivity index (χ0) is 20.8. The van der Waals surface area contributed by atoms with E-state index in [0.717, 1.165) is 42.5 Å². The second kappa shape index (κ2) is 9.68. The first-order valence-electron chi connectivity index (χ1n) is 9.86. The summed E-state index contributed by atoms with van der Waals surface area (Å²) in [6.07, 6.45) is 5.28. The number of thiophene rings is 1. The van der Waals surface area contributed by atoms with Crippen molar-refractivity contribution in [2.75, 3.05) is 30.8 Å². The van der Waals surface area contributed by atoms with E-state index in [1.165, 1.54) is 22.6 Å². The molecule has 2 amide bonds. The summed E-state index contributed by atoms with van der Waals surface area (Å²) in [6.45, 7) is 2.17. The Hall–Kier alpha value is -2.69. The van der Waals surface area contributed by atoms with Crippen LogP contribution >= 0.6 is 11.3 Å². The topological polar surface area (TPSA) is 85.2 Å². The normalized spacial score (nSPS) is 13.3. The largest absolute Gasteiger partial charge is 0.325 e. The Kier molecular flexibility index (Phi) is 7.02. The van der Waals surface area contributed by atoms with E-state index in [4.69, 9.17) is 0 Å². The Morgan fingerprint density at radius 3 is 2.41 bits per heavy atom. The van der Waals surface area contributed by atoms with Crippen LogP contribution in [0.2, 0.25) is 0 Å². The number of nitrogens with zero attached hydrogens (tertiary/aromatic N) is 2. The molecular weight excluding hydrogens is 384 g/mol. The van der Waals surface area contributed by atoms with E-state index in [2.05, 4.69) is 16.7 Å². The average molecular weight is 411 g/mol. The van der Waals surface area contributed by atoms with E-state index in [-0.39, 0.29) is 24.9 Å². The third-order valence-corrected chi connectivity index (χ3v) is 6.16. The average Bonchev–Trinajstić information content (AvgIpc) is 2.82. The Morgan fingerprint density at radius 1 is 1.07 bits per heavy atom. The minimum absolute atomic E-state index is 0.0781. The summed E-state index contributed by atoms with van der Waals surface area (Å²) < 4.78 is 0. The first-order chi connectivity index (χ1) is 14.0. The minimum atomic E-state index is -0.219. The molecule has 0 radical (unpaired) electrons. The van der Waals surface area contributed by atoms with E-state index in [1.54, 1.807) is 11.9 Å². The SMILES string of the molecule is Cc1ccc(NC(=O)CN(C)CC(=O)Nc2sc3c(c2C#N)CCCCC3)cc1. The molecule has 7 heteroatoms. The number of aryl methyl sites for hydroxylation is 2. The van der Waals surface area contributed by atoms with Gasteiger partial charge in [0.25, 0.3) is 0 Å². The molecule has 6 nitrogen and oxygen atoms in total. The second-order valence-electron chi connectivity index (χ2n) is 7.52. The van der Waals surface area contributed by atoms with Crippen LogP contribution in [0.4, 0.5) is 10.7 Å². The lowest BCUT2D eigenvalue weighted by Crippen LogP contribution is -2.36. The van der Waals surface area contributed by atoms with Crippen LogP contribution in [-0.4, -0.2) is 36.9 Å². The molecule has 0 fully saturated rings. The summed E-state index contributed by atoms with van der Waals surface area (Å²) in [4.78, 5) is 27.5. The van der Waals surface area contributed by atoms with Gasteiger partial charge in [0.05, 0.1) is 18.7 Å². The number of nitrogens with one attached hydrogen (secondary N) is 2. The number of anilines is 2. The standard InChI is InChI=1S/C22H26N4O2S/c1-15-8-10-16(11-9-15)24-20(27)13-26(2)14-21(28)25-22-18(12-23)17-6-4-3-5-7-19(17)29-22/h8-11H,3-7,13-14H2,1-2H3,(H,24,27)(H,25,28). The van der Waals surface area contributed by atoms with Crippen molar-refractivity contribution in [2.45, 2.75) is 39.0 Å². The summed E-state index contributed by atoms with van der Waals surface area (Å²) >= 11 is 1.52. The molecule has 0 unspecified atom stereocenters. The quantitative estimate of drug-likeness (QED) is 0.711. The van der Waals surface area contributed by atoms with Crippen LogP contribution in [0, 0.1) is 18.3 Å². The number of hydrogen-bond acceptors (Lipinski definition) is 5. The summed E-state index contributed by atoms with van der Waals surface area (Å²) in [5.74, 6) is -0.395. The number of benzene rings is 1. The molecule has 152 valence electrons. The van der Waals surface area contributed by atoms with E-state index in [1.807, 2.05) is 31.2 Å². The maximum absolute atomic E-state index is 12.5. The smallest absolute Gasteiger partial charge is 0.239 e. The highest BCUT2D eigenvalue weighted by Crippen LogP contribution is 2.36. The van der Waals surface area contributed by atoms with Crippen molar-refractivity contribution in [3.8, 4) is 6.07 Å². The Labute approximate surface area is 175 Å². The van der Waals surface area contributed by atoms with Gasteiger partial charge < -0.3 is 10.6 Å². The van der Waals surface area contributed by atoms with Gasteiger partial charge in [0.1, 0.15) is 11.1 Å². The molecule has 0 spiro atoms. The van der Waals surface area contributed by atoms with Crippen molar-refractivity contribution < 1.29 is 9.59 Å². The minimum Gasteiger partial charge on any atom is -0.325 e. The molecule has 1 aromatic carbocycles. The third-order valence-electron chi connectivity index (χ3n) is 4.95. The number of carbonyl (C=O) groups excluding carboxylic acids is 2. The van der Waals surface area contributed by atoms with Crippen molar-refractivity contribution in [3.63, 3.8) is 0 Å². The van der Waals surface area contributed by atoms with Gasteiger partial charge in [-0.3, -0.25) is 14.5 Å². The fraction of sp³-hybridized carbons (Fsp3) is 0.409. The van der Waals surface area contributed by atoms with Crippen LogP contribution in [0.25, 0.3) is 0 Å². The van der Waals surface area contributed by atoms with E-state index in [9.17, 15) is 14.9 Å². The Bertz CT molecular complexity index is 928. The van der Waals surface area contributed by atoms with Gasteiger partial charge in [-0.05, 0) is 57.4 Å². The molecule has 0 saturated carbocycles. The van der Waals surface area contributed by atoms with Crippen LogP contribution in [0.3, 0.4) is 0 Å². The van der Waals surface area contributed by atoms with Gasteiger partial charge in [-0.2, -0.15) is 5.26 Å². The Morgan fingerprint density at radius 2 is 1.72 bits per heavy atom. The summed E-state index contributed by atoms with van der Waals surface area (Å²) in [6, 6.07) is 9.84. The third kappa shape index (κ3) is 5.66. The number of likely N-dealkylation sites (N-methyl/N-ethyl adjacent to an activating group) is 1. The van der Waals surface area contributed by atoms with Gasteiger partial charge in [-0.1, -0.05) is 24.1 Å². The zero-order valence-corrected chi connectivity index (χ0v) is 17.7. The molecule has 3 rings (SSSR count). The number of hydrogen-bond donors (Lipinski definition) is 2. The second-order valence-corrected chi connectivity index (χ2v) is 8.62. The van der Waals surface area contributed by atoms with E-state index < -0.39 is 0 Å². The molecule has 29 heavy (non-hydrogen) atoms. The zero-order valence-electron chi connectivity index (χ0n) is 16.9. The Balaban J connectivity index is 1.54. The van der Waals surface area contributed by atoms with Crippen LogP contribution in [0.1, 0.15) is 40.8 Å². The van der Waals surface area contributed by atoms with Crippen LogP contribution < -0.4 is 10.6 Å². The molecule has 1 aliphatic carbocycles. The lowest BCUT2D eigenvalue weighted by Gasteiger charge is -2.16. The highest BCUT2D eigenvalue weighted by Gasteiger charge is 2.21. The molecule has 0 saturated heterocycles. The van der Waals surface area contributed by atoms with Crippen LogP contribution in [0.5, 0.6) is 0 Å². The molecule has 1 aliphatic rings. The van der Waals surface area contributed by atoms with Gasteiger partial charge >= 0.3 is 0 Å². The maximum Gasteiger partial charge on any atom is 0.239 e. The van der Waals surface area contributed by atoms with Gasteiger partial charge in [0.2, 0.25) is 11.8 Å². The number of fused-ring (bicyclic) bond motifs is 1. The predicted octanol–water partition coefficient (Wildman–Crippen LogP) is 3.71. The van der Waals surface area contributed by atoms with Crippen molar-refractivity contribution >= 4 is 33.8 Å². The lowest BCUT2D eigenvalue weighted by atomic mass is 10.1. The summed E-state index contributed by atoms with van der Waals surface area (Å²) in [5, 5.41) is 15.9. The molecule has 1 aromatic heterocycles. The number of nitriles is 1. The van der Waals surface area contributed by atoms with Gasteiger partial charge in [-0.15, -0.1) is 11.3 Å². The van der Waals surface area contributed by atoms with Crippen molar-refractivity contribution in [3.05, 3.63) is 45.8 Å². The van der Waals surface area contributed by atoms with Gasteiger partial charge in [0.15, 0.2) is 0 Å². The summed E-state index contributed by atoms with van der Waals surface area (Å²) in [7, 11) is 1.73. The first kappa shape index (κ1) is 21.0. The molecule has 2 N–H and O–H groups in total. The number of rotatable bonds is 6. The molecule has 0 atom stereocenters. The molecule has 0 bridgehead atoms. The fourth-order valence-corrected chi connectivity index (χ4v) is 4.75. The van der Waals surface area contributed by atoms with Crippen molar-refractivity contribution in [2.24, 2.45) is 0 Å². The predicted molar refractivity (Wildman–Crippen MR) is 116 cm³/mol. The van der Waals surface area contributed by atoms with Crippen LogP contribution in [0.15, 0.2) is 24.3 Å². The highest BCUT2D eigenvalue weighted by atomic mass is 32.1. The van der Waals surface area contributed by atoms with Gasteiger partial charge in [-0.25, -0.2) is 0 Å². The molecule has 1 heterocycles. The van der Waals surface area contributed by atoms with E-state index >= 15 is 0 Å². The van der Waals surface area contributed by atoms with E-state index in [0.29, 0.717) is 10.6 Å². The molecule has 2 aromatic rings. The highest BCUT2D eigenvalue weighted by molar-refractivity contribution is 7.16. The lowest BCUT2D eigenvalue weighted by molar-refractivity contribution is -0.119. The van der Waals surface area contributed by atoms with Crippen molar-refractivity contribution in [1.82, 2.24) is 4.90 Å². The monoisotopic (exact) mass is 410 g/mol.